The second-order valence-corrected chi connectivity index (χ2v) is 3.76. The molecule has 0 atom stereocenters. The highest BCUT2D eigenvalue weighted by molar-refractivity contribution is 4.90. The Bertz CT molecular complexity index is 304. The molecule has 0 radical (unpaired) electrons. The van der Waals surface area contributed by atoms with Gasteiger partial charge >= 0.3 is 0 Å². The van der Waals surface area contributed by atoms with Crippen LogP contribution in [0.4, 0.5) is 0 Å². The van der Waals surface area contributed by atoms with Gasteiger partial charge in [-0.05, 0) is 6.92 Å². The van der Waals surface area contributed by atoms with E-state index in [0.717, 1.165) is 12.3 Å². The zero-order valence-corrected chi connectivity index (χ0v) is 11.1. The standard InChI is InChI=1S/C12H22N2O4/c1-11-9-14-12(18-11)10-13-3-4-16-7-8-17-6-5-15-2/h9,13H,3-8,10H2,1-2H3. The van der Waals surface area contributed by atoms with Gasteiger partial charge in [0.1, 0.15) is 5.76 Å². The van der Waals surface area contributed by atoms with Crippen LogP contribution in [0, 0.1) is 6.92 Å². The molecule has 0 aliphatic rings. The summed E-state index contributed by atoms with van der Waals surface area (Å²) >= 11 is 0. The van der Waals surface area contributed by atoms with Gasteiger partial charge in [-0.3, -0.25) is 0 Å². The first kappa shape index (κ1) is 15.1. The molecular formula is C12H22N2O4. The minimum Gasteiger partial charge on any atom is -0.445 e. The minimum atomic E-state index is 0.599. The van der Waals surface area contributed by atoms with Crippen LogP contribution in [0.2, 0.25) is 0 Å². The quantitative estimate of drug-likeness (QED) is 0.591. The van der Waals surface area contributed by atoms with E-state index < -0.39 is 0 Å². The van der Waals surface area contributed by atoms with E-state index in [4.69, 9.17) is 18.6 Å². The fourth-order valence-electron chi connectivity index (χ4n) is 1.29. The zero-order valence-electron chi connectivity index (χ0n) is 11.1. The Balaban J connectivity index is 1.81. The van der Waals surface area contributed by atoms with Crippen LogP contribution in [0.3, 0.4) is 0 Å². The molecule has 1 rings (SSSR count). The third kappa shape index (κ3) is 7.39. The number of ether oxygens (including phenoxy) is 3. The number of oxazole rings is 1. The molecule has 0 aliphatic carbocycles. The maximum absolute atomic E-state index is 5.38. The molecule has 18 heavy (non-hydrogen) atoms. The number of rotatable bonds is 11. The summed E-state index contributed by atoms with van der Waals surface area (Å²) in [5, 5.41) is 3.18. The zero-order chi connectivity index (χ0) is 13.1. The summed E-state index contributed by atoms with van der Waals surface area (Å²) in [6.45, 7) is 6.35. The molecule has 6 heteroatoms. The predicted molar refractivity (Wildman–Crippen MR) is 66.5 cm³/mol. The van der Waals surface area contributed by atoms with Crippen LogP contribution >= 0.6 is 0 Å². The molecule has 0 bridgehead atoms. The lowest BCUT2D eigenvalue weighted by molar-refractivity contribution is 0.0255. The van der Waals surface area contributed by atoms with Crippen molar-refractivity contribution in [3.8, 4) is 0 Å². The summed E-state index contributed by atoms with van der Waals surface area (Å²) in [5.41, 5.74) is 0. The molecule has 1 aromatic heterocycles. The third-order valence-corrected chi connectivity index (χ3v) is 2.17. The lowest BCUT2D eigenvalue weighted by Gasteiger charge is -2.05. The fraction of sp³-hybridized carbons (Fsp3) is 0.750. The molecule has 0 aromatic carbocycles. The molecule has 0 saturated heterocycles. The summed E-state index contributed by atoms with van der Waals surface area (Å²) in [6, 6.07) is 0. The molecule has 104 valence electrons. The second kappa shape index (κ2) is 10.0. The van der Waals surface area contributed by atoms with Gasteiger partial charge in [0.2, 0.25) is 5.89 Å². The number of nitrogens with zero attached hydrogens (tertiary/aromatic N) is 1. The normalized spacial score (nSPS) is 11.0. The van der Waals surface area contributed by atoms with Gasteiger partial charge in [-0.15, -0.1) is 0 Å². The van der Waals surface area contributed by atoms with Gasteiger partial charge in [-0.1, -0.05) is 0 Å². The van der Waals surface area contributed by atoms with Gasteiger partial charge in [-0.2, -0.15) is 0 Å². The van der Waals surface area contributed by atoms with Crippen LogP contribution in [0.25, 0.3) is 0 Å². The summed E-state index contributed by atoms with van der Waals surface area (Å²) < 4.78 is 20.8. The highest BCUT2D eigenvalue weighted by atomic mass is 16.5. The molecule has 0 spiro atoms. The Morgan fingerprint density at radius 3 is 2.56 bits per heavy atom. The van der Waals surface area contributed by atoms with E-state index in [1.165, 1.54) is 0 Å². The van der Waals surface area contributed by atoms with Crippen molar-refractivity contribution < 1.29 is 18.6 Å². The average molecular weight is 258 g/mol. The maximum atomic E-state index is 5.38. The molecule has 0 unspecified atom stereocenters. The first-order valence-electron chi connectivity index (χ1n) is 6.09. The summed E-state index contributed by atoms with van der Waals surface area (Å²) in [4.78, 5) is 4.09. The van der Waals surface area contributed by atoms with Gasteiger partial charge in [-0.25, -0.2) is 4.98 Å². The smallest absolute Gasteiger partial charge is 0.208 e. The van der Waals surface area contributed by atoms with Crippen molar-refractivity contribution in [2.45, 2.75) is 13.5 Å². The van der Waals surface area contributed by atoms with E-state index in [9.17, 15) is 0 Å². The van der Waals surface area contributed by atoms with Gasteiger partial charge in [0.15, 0.2) is 0 Å². The predicted octanol–water partition coefficient (Wildman–Crippen LogP) is 0.752. The van der Waals surface area contributed by atoms with E-state index in [2.05, 4.69) is 10.3 Å². The van der Waals surface area contributed by atoms with E-state index >= 15 is 0 Å². The van der Waals surface area contributed by atoms with Crippen molar-refractivity contribution in [2.75, 3.05) is 46.7 Å². The number of methoxy groups -OCH3 is 1. The van der Waals surface area contributed by atoms with Crippen molar-refractivity contribution in [1.29, 1.82) is 0 Å². The highest BCUT2D eigenvalue weighted by Gasteiger charge is 1.98. The number of hydrogen-bond acceptors (Lipinski definition) is 6. The van der Waals surface area contributed by atoms with Crippen LogP contribution in [-0.2, 0) is 20.8 Å². The Kier molecular flexibility index (Phi) is 8.41. The van der Waals surface area contributed by atoms with Crippen LogP contribution in [0.15, 0.2) is 10.6 Å². The molecule has 1 aromatic rings. The van der Waals surface area contributed by atoms with E-state index in [0.29, 0.717) is 45.5 Å². The van der Waals surface area contributed by atoms with Crippen LogP contribution in [0.5, 0.6) is 0 Å². The summed E-state index contributed by atoms with van der Waals surface area (Å²) in [5.74, 6) is 1.53. The Hall–Kier alpha value is -0.950. The van der Waals surface area contributed by atoms with Gasteiger partial charge in [0, 0.05) is 13.7 Å². The maximum Gasteiger partial charge on any atom is 0.208 e. The first-order valence-corrected chi connectivity index (χ1v) is 6.09. The second-order valence-electron chi connectivity index (χ2n) is 3.76. The highest BCUT2D eigenvalue weighted by Crippen LogP contribution is 1.99. The number of aryl methyl sites for hydroxylation is 1. The topological polar surface area (TPSA) is 65.8 Å². The lowest BCUT2D eigenvalue weighted by Crippen LogP contribution is -2.20. The molecule has 0 amide bonds. The van der Waals surface area contributed by atoms with Crippen LogP contribution in [-0.4, -0.2) is 51.7 Å². The minimum absolute atomic E-state index is 0.599. The molecule has 1 heterocycles. The Labute approximate surface area is 108 Å². The Morgan fingerprint density at radius 1 is 1.17 bits per heavy atom. The largest absolute Gasteiger partial charge is 0.445 e. The van der Waals surface area contributed by atoms with E-state index in [1.807, 2.05) is 6.92 Å². The lowest BCUT2D eigenvalue weighted by atomic mass is 10.6. The molecule has 6 nitrogen and oxygen atoms in total. The molecule has 1 N–H and O–H groups in total. The third-order valence-electron chi connectivity index (χ3n) is 2.17. The number of nitrogens with one attached hydrogen (secondary N) is 1. The number of hydrogen-bond donors (Lipinski definition) is 1. The van der Waals surface area contributed by atoms with Crippen LogP contribution < -0.4 is 5.32 Å². The summed E-state index contributed by atoms with van der Waals surface area (Å²) in [7, 11) is 1.65. The molecule has 0 fully saturated rings. The van der Waals surface area contributed by atoms with Gasteiger partial charge < -0.3 is 23.9 Å². The molecule has 0 aliphatic heterocycles. The number of aromatic nitrogens is 1. The SMILES string of the molecule is COCCOCCOCCNCc1ncc(C)o1. The van der Waals surface area contributed by atoms with Crippen molar-refractivity contribution in [3.05, 3.63) is 17.8 Å². The van der Waals surface area contributed by atoms with Crippen LogP contribution in [0.1, 0.15) is 11.7 Å². The van der Waals surface area contributed by atoms with Gasteiger partial charge in [0.25, 0.3) is 0 Å². The van der Waals surface area contributed by atoms with Crippen molar-refractivity contribution >= 4 is 0 Å². The van der Waals surface area contributed by atoms with E-state index in [-0.39, 0.29) is 0 Å². The molecular weight excluding hydrogens is 236 g/mol. The summed E-state index contributed by atoms with van der Waals surface area (Å²) in [6.07, 6.45) is 1.71. The monoisotopic (exact) mass is 258 g/mol. The first-order chi connectivity index (χ1) is 8.83. The van der Waals surface area contributed by atoms with Gasteiger partial charge in [0.05, 0.1) is 45.8 Å². The van der Waals surface area contributed by atoms with E-state index in [1.54, 1.807) is 13.3 Å². The van der Waals surface area contributed by atoms with Crippen molar-refractivity contribution in [3.63, 3.8) is 0 Å². The Morgan fingerprint density at radius 2 is 1.89 bits per heavy atom. The van der Waals surface area contributed by atoms with Crippen molar-refractivity contribution in [1.82, 2.24) is 10.3 Å². The van der Waals surface area contributed by atoms with Crippen molar-refractivity contribution in [2.24, 2.45) is 0 Å². The average Bonchev–Trinajstić information content (AvgIpc) is 2.77. The fourth-order valence-corrected chi connectivity index (χ4v) is 1.29. The molecule has 0 saturated carbocycles.